The van der Waals surface area contributed by atoms with E-state index in [0.717, 1.165) is 11.2 Å². The Balaban J connectivity index is 2.57. The smallest absolute Gasteiger partial charge is 0.163 e. The molecule has 0 bridgehead atoms. The van der Waals surface area contributed by atoms with Gasteiger partial charge >= 0.3 is 0 Å². The number of imidazole rings is 1. The maximum atomic E-state index is 8.97. The highest BCUT2D eigenvalue weighted by atomic mass is 16.3. The number of nitrogens with zero attached hydrogens (tertiary/aromatic N) is 4. The number of aliphatic hydroxyl groups is 1. The van der Waals surface area contributed by atoms with E-state index in [1.165, 1.54) is 6.33 Å². The zero-order valence-corrected chi connectivity index (χ0v) is 7.25. The standard InChI is InChI=1S/C8H10N4O/c1-6(3-13)12-5-11-7-2-9-4-10-8(7)12/h2,4-6,13H,3H2,1H3. The first-order valence-corrected chi connectivity index (χ1v) is 4.06. The van der Waals surface area contributed by atoms with Gasteiger partial charge in [0.15, 0.2) is 5.65 Å². The van der Waals surface area contributed by atoms with E-state index in [2.05, 4.69) is 15.0 Å². The fourth-order valence-electron chi connectivity index (χ4n) is 1.20. The first-order valence-electron chi connectivity index (χ1n) is 4.06. The second-order valence-corrected chi connectivity index (χ2v) is 2.92. The van der Waals surface area contributed by atoms with E-state index < -0.39 is 0 Å². The van der Waals surface area contributed by atoms with Crippen molar-refractivity contribution in [2.45, 2.75) is 13.0 Å². The molecule has 0 aliphatic rings. The molecule has 2 rings (SSSR count). The number of aliphatic hydroxyl groups excluding tert-OH is 1. The Kier molecular flexibility index (Phi) is 1.94. The van der Waals surface area contributed by atoms with Gasteiger partial charge in [-0.3, -0.25) is 0 Å². The van der Waals surface area contributed by atoms with E-state index in [0.29, 0.717) is 0 Å². The molecule has 0 saturated heterocycles. The molecule has 0 radical (unpaired) electrons. The molecular weight excluding hydrogens is 168 g/mol. The van der Waals surface area contributed by atoms with Crippen LogP contribution in [0.25, 0.3) is 11.2 Å². The molecule has 5 nitrogen and oxygen atoms in total. The number of aromatic nitrogens is 4. The van der Waals surface area contributed by atoms with Crippen LogP contribution in [0.15, 0.2) is 18.9 Å². The van der Waals surface area contributed by atoms with Gasteiger partial charge in [-0.2, -0.15) is 0 Å². The Hall–Kier alpha value is -1.49. The minimum absolute atomic E-state index is 0.0000926. The van der Waals surface area contributed by atoms with Crippen LogP contribution in [0.4, 0.5) is 0 Å². The number of hydrogen-bond donors (Lipinski definition) is 1. The van der Waals surface area contributed by atoms with Gasteiger partial charge in [-0.05, 0) is 6.92 Å². The fourth-order valence-corrected chi connectivity index (χ4v) is 1.20. The molecule has 0 spiro atoms. The molecule has 0 aromatic carbocycles. The molecule has 1 N–H and O–H groups in total. The highest BCUT2D eigenvalue weighted by molar-refractivity contribution is 5.68. The summed E-state index contributed by atoms with van der Waals surface area (Å²) in [5, 5.41) is 8.97. The van der Waals surface area contributed by atoms with Crippen molar-refractivity contribution in [1.29, 1.82) is 0 Å². The monoisotopic (exact) mass is 178 g/mol. The van der Waals surface area contributed by atoms with Crippen molar-refractivity contribution in [3.8, 4) is 0 Å². The summed E-state index contributed by atoms with van der Waals surface area (Å²) in [5.74, 6) is 0. The summed E-state index contributed by atoms with van der Waals surface area (Å²) in [7, 11) is 0. The maximum absolute atomic E-state index is 8.97. The van der Waals surface area contributed by atoms with Gasteiger partial charge in [0.25, 0.3) is 0 Å². The highest BCUT2D eigenvalue weighted by Crippen LogP contribution is 2.12. The van der Waals surface area contributed by atoms with E-state index in [1.807, 2.05) is 11.5 Å². The molecule has 0 fully saturated rings. The van der Waals surface area contributed by atoms with E-state index in [4.69, 9.17) is 5.11 Å². The Labute approximate surface area is 75.1 Å². The molecule has 68 valence electrons. The summed E-state index contributed by atoms with van der Waals surface area (Å²) < 4.78 is 1.83. The third kappa shape index (κ3) is 1.27. The van der Waals surface area contributed by atoms with Crippen molar-refractivity contribution in [1.82, 2.24) is 19.5 Å². The molecule has 1 unspecified atom stereocenters. The molecular formula is C8H10N4O. The van der Waals surface area contributed by atoms with Gasteiger partial charge in [-0.15, -0.1) is 0 Å². The number of hydrogen-bond acceptors (Lipinski definition) is 4. The molecule has 0 aliphatic heterocycles. The third-order valence-electron chi connectivity index (χ3n) is 1.98. The average molecular weight is 178 g/mol. The Morgan fingerprint density at radius 3 is 3.15 bits per heavy atom. The van der Waals surface area contributed by atoms with Gasteiger partial charge < -0.3 is 9.67 Å². The summed E-state index contributed by atoms with van der Waals surface area (Å²) in [6.07, 6.45) is 4.80. The SMILES string of the molecule is CC(CO)n1cnc2cncnc21. The van der Waals surface area contributed by atoms with Crippen LogP contribution in [0.2, 0.25) is 0 Å². The van der Waals surface area contributed by atoms with Crippen molar-refractivity contribution < 1.29 is 5.11 Å². The van der Waals surface area contributed by atoms with E-state index in [9.17, 15) is 0 Å². The molecule has 2 heterocycles. The zero-order chi connectivity index (χ0) is 9.26. The van der Waals surface area contributed by atoms with Gasteiger partial charge in [0.1, 0.15) is 11.8 Å². The molecule has 0 saturated carbocycles. The van der Waals surface area contributed by atoms with Gasteiger partial charge in [-0.25, -0.2) is 15.0 Å². The van der Waals surface area contributed by atoms with Crippen LogP contribution in [0.5, 0.6) is 0 Å². The zero-order valence-electron chi connectivity index (χ0n) is 7.25. The van der Waals surface area contributed by atoms with Crippen LogP contribution in [0, 0.1) is 0 Å². The topological polar surface area (TPSA) is 63.8 Å². The molecule has 5 heteroatoms. The Bertz CT molecular complexity index is 411. The van der Waals surface area contributed by atoms with Crippen LogP contribution < -0.4 is 0 Å². The van der Waals surface area contributed by atoms with Crippen LogP contribution in [-0.4, -0.2) is 31.2 Å². The lowest BCUT2D eigenvalue weighted by molar-refractivity contribution is 0.241. The lowest BCUT2D eigenvalue weighted by atomic mass is 10.3. The van der Waals surface area contributed by atoms with Gasteiger partial charge in [0.05, 0.1) is 25.2 Å². The second kappa shape index (κ2) is 3.10. The maximum Gasteiger partial charge on any atom is 0.163 e. The predicted octanol–water partition coefficient (Wildman–Crippen LogP) is 0.380. The first kappa shape index (κ1) is 8.12. The average Bonchev–Trinajstić information content (AvgIpc) is 2.60. The normalized spacial score (nSPS) is 13.4. The third-order valence-corrected chi connectivity index (χ3v) is 1.98. The quantitative estimate of drug-likeness (QED) is 0.722. The lowest BCUT2D eigenvalue weighted by Gasteiger charge is -2.08. The summed E-state index contributed by atoms with van der Waals surface area (Å²) in [6, 6.07) is -0.0000926. The van der Waals surface area contributed by atoms with Crippen molar-refractivity contribution in [2.75, 3.05) is 6.61 Å². The van der Waals surface area contributed by atoms with E-state index in [-0.39, 0.29) is 12.6 Å². The van der Waals surface area contributed by atoms with Crippen molar-refractivity contribution >= 4 is 11.2 Å². The van der Waals surface area contributed by atoms with Crippen molar-refractivity contribution in [3.63, 3.8) is 0 Å². The van der Waals surface area contributed by atoms with Gasteiger partial charge in [0.2, 0.25) is 0 Å². The van der Waals surface area contributed by atoms with E-state index in [1.54, 1.807) is 12.5 Å². The van der Waals surface area contributed by atoms with Gasteiger partial charge in [-0.1, -0.05) is 0 Å². The Morgan fingerprint density at radius 2 is 2.38 bits per heavy atom. The number of fused-ring (bicyclic) bond motifs is 1. The highest BCUT2D eigenvalue weighted by Gasteiger charge is 2.08. The number of rotatable bonds is 2. The fraction of sp³-hybridized carbons (Fsp3) is 0.375. The minimum atomic E-state index is -0.0000926. The van der Waals surface area contributed by atoms with Crippen LogP contribution in [-0.2, 0) is 0 Å². The summed E-state index contributed by atoms with van der Waals surface area (Å²) in [5.41, 5.74) is 1.51. The van der Waals surface area contributed by atoms with Crippen molar-refractivity contribution in [2.24, 2.45) is 0 Å². The predicted molar refractivity (Wildman–Crippen MR) is 47.1 cm³/mol. The molecule has 0 aliphatic carbocycles. The van der Waals surface area contributed by atoms with E-state index >= 15 is 0 Å². The molecule has 1 atom stereocenters. The first-order chi connectivity index (χ1) is 6.33. The summed E-state index contributed by atoms with van der Waals surface area (Å²) >= 11 is 0. The summed E-state index contributed by atoms with van der Waals surface area (Å²) in [6.45, 7) is 1.98. The van der Waals surface area contributed by atoms with Crippen LogP contribution >= 0.6 is 0 Å². The molecule has 2 aromatic rings. The van der Waals surface area contributed by atoms with Crippen molar-refractivity contribution in [3.05, 3.63) is 18.9 Å². The molecule has 13 heavy (non-hydrogen) atoms. The second-order valence-electron chi connectivity index (χ2n) is 2.92. The minimum Gasteiger partial charge on any atom is -0.394 e. The van der Waals surface area contributed by atoms with Gasteiger partial charge in [0, 0.05) is 0 Å². The summed E-state index contributed by atoms with van der Waals surface area (Å²) in [4.78, 5) is 12.1. The molecule has 2 aromatic heterocycles. The lowest BCUT2D eigenvalue weighted by Crippen LogP contribution is -2.08. The van der Waals surface area contributed by atoms with Crippen LogP contribution in [0.3, 0.4) is 0 Å². The molecule has 0 amide bonds. The Morgan fingerprint density at radius 1 is 1.54 bits per heavy atom. The van der Waals surface area contributed by atoms with Crippen LogP contribution in [0.1, 0.15) is 13.0 Å². The largest absolute Gasteiger partial charge is 0.394 e.